The number of pyridine rings is 1. The van der Waals surface area contributed by atoms with Crippen LogP contribution in [0.1, 0.15) is 30.1 Å². The normalized spacial score (nSPS) is 16.5. The SMILES string of the molecule is Cc1cnn(-c2cnn3ccc(N4CCC[C@@H]4c4nc(N(C)C)ccc4F)nc23)c1. The number of aromatic nitrogens is 6. The molecule has 30 heavy (non-hydrogen) atoms. The molecule has 0 radical (unpaired) electrons. The quantitative estimate of drug-likeness (QED) is 0.519. The van der Waals surface area contributed by atoms with Gasteiger partial charge >= 0.3 is 0 Å². The summed E-state index contributed by atoms with van der Waals surface area (Å²) in [5.41, 5.74) is 3.04. The molecular weight excluding hydrogens is 383 g/mol. The minimum absolute atomic E-state index is 0.154. The van der Waals surface area contributed by atoms with Crippen molar-refractivity contribution in [2.24, 2.45) is 0 Å². The van der Waals surface area contributed by atoms with E-state index in [1.807, 2.05) is 44.4 Å². The summed E-state index contributed by atoms with van der Waals surface area (Å²) >= 11 is 0. The largest absolute Gasteiger partial charge is 0.363 e. The Morgan fingerprint density at radius 1 is 1.10 bits per heavy atom. The summed E-state index contributed by atoms with van der Waals surface area (Å²) in [6.07, 6.45) is 9.16. The maximum absolute atomic E-state index is 14.7. The molecular formula is C21H23FN8. The molecule has 154 valence electrons. The number of hydrogen-bond acceptors (Lipinski definition) is 6. The molecule has 4 aromatic rings. The van der Waals surface area contributed by atoms with Crippen LogP contribution in [-0.2, 0) is 0 Å². The number of nitrogens with zero attached hydrogens (tertiary/aromatic N) is 8. The highest BCUT2D eigenvalue weighted by molar-refractivity contribution is 5.61. The lowest BCUT2D eigenvalue weighted by atomic mass is 10.1. The Hall–Kier alpha value is -3.49. The van der Waals surface area contributed by atoms with Gasteiger partial charge in [-0.2, -0.15) is 10.2 Å². The molecule has 8 nitrogen and oxygen atoms in total. The van der Waals surface area contributed by atoms with Crippen molar-refractivity contribution < 1.29 is 4.39 Å². The van der Waals surface area contributed by atoms with Gasteiger partial charge in [0.05, 0.1) is 18.4 Å². The van der Waals surface area contributed by atoms with Crippen LogP contribution in [0.2, 0.25) is 0 Å². The molecule has 0 aliphatic carbocycles. The van der Waals surface area contributed by atoms with Crippen molar-refractivity contribution in [2.75, 3.05) is 30.4 Å². The number of fused-ring (bicyclic) bond motifs is 1. The molecule has 1 aliphatic rings. The lowest BCUT2D eigenvalue weighted by molar-refractivity contribution is 0.562. The van der Waals surface area contributed by atoms with Crippen LogP contribution >= 0.6 is 0 Å². The van der Waals surface area contributed by atoms with Crippen molar-refractivity contribution in [2.45, 2.75) is 25.8 Å². The third-order valence-electron chi connectivity index (χ3n) is 5.47. The Morgan fingerprint density at radius 2 is 1.97 bits per heavy atom. The van der Waals surface area contributed by atoms with Gasteiger partial charge < -0.3 is 9.80 Å². The molecule has 0 saturated carbocycles. The lowest BCUT2D eigenvalue weighted by Crippen LogP contribution is -2.26. The zero-order valence-corrected chi connectivity index (χ0v) is 17.2. The summed E-state index contributed by atoms with van der Waals surface area (Å²) in [5.74, 6) is 1.25. The summed E-state index contributed by atoms with van der Waals surface area (Å²) < 4.78 is 18.2. The molecule has 5 rings (SSSR count). The zero-order valence-electron chi connectivity index (χ0n) is 17.2. The van der Waals surface area contributed by atoms with E-state index in [2.05, 4.69) is 20.1 Å². The molecule has 1 saturated heterocycles. The van der Waals surface area contributed by atoms with Gasteiger partial charge in [0, 0.05) is 33.0 Å². The lowest BCUT2D eigenvalue weighted by Gasteiger charge is -2.26. The van der Waals surface area contributed by atoms with Crippen molar-refractivity contribution >= 4 is 17.3 Å². The summed E-state index contributed by atoms with van der Waals surface area (Å²) in [6.45, 7) is 2.79. The van der Waals surface area contributed by atoms with Crippen molar-refractivity contribution in [3.05, 3.63) is 60.1 Å². The second-order valence-corrected chi connectivity index (χ2v) is 7.83. The molecule has 1 fully saturated rings. The van der Waals surface area contributed by atoms with Gasteiger partial charge in [0.1, 0.15) is 28.8 Å². The number of halogens is 1. The molecule has 0 amide bonds. The summed E-state index contributed by atoms with van der Waals surface area (Å²) in [5, 5.41) is 8.77. The molecule has 1 aliphatic heterocycles. The van der Waals surface area contributed by atoms with Gasteiger partial charge in [0.25, 0.3) is 0 Å². The molecule has 0 bridgehead atoms. The van der Waals surface area contributed by atoms with Crippen LogP contribution in [-0.4, -0.2) is 50.0 Å². The van der Waals surface area contributed by atoms with Gasteiger partial charge in [0.15, 0.2) is 5.65 Å². The fourth-order valence-electron chi connectivity index (χ4n) is 3.97. The van der Waals surface area contributed by atoms with Crippen molar-refractivity contribution in [1.82, 2.24) is 29.4 Å². The second-order valence-electron chi connectivity index (χ2n) is 7.83. The van der Waals surface area contributed by atoms with E-state index in [9.17, 15) is 4.39 Å². The predicted octanol–water partition coefficient (Wildman–Crippen LogP) is 3.17. The van der Waals surface area contributed by atoms with E-state index in [4.69, 9.17) is 4.98 Å². The van der Waals surface area contributed by atoms with Gasteiger partial charge in [-0.1, -0.05) is 0 Å². The summed E-state index contributed by atoms with van der Waals surface area (Å²) in [7, 11) is 3.81. The number of aryl methyl sites for hydroxylation is 1. The third-order valence-corrected chi connectivity index (χ3v) is 5.47. The molecule has 0 unspecified atom stereocenters. The van der Waals surface area contributed by atoms with Crippen LogP contribution < -0.4 is 9.80 Å². The fourth-order valence-corrected chi connectivity index (χ4v) is 3.97. The Labute approximate surface area is 173 Å². The van der Waals surface area contributed by atoms with Crippen LogP contribution in [0.25, 0.3) is 11.3 Å². The van der Waals surface area contributed by atoms with E-state index in [-0.39, 0.29) is 11.9 Å². The highest BCUT2D eigenvalue weighted by Crippen LogP contribution is 2.36. The first-order valence-corrected chi connectivity index (χ1v) is 9.98. The maximum atomic E-state index is 14.7. The Kier molecular flexibility index (Phi) is 4.38. The van der Waals surface area contributed by atoms with Crippen LogP contribution in [0.3, 0.4) is 0 Å². The van der Waals surface area contributed by atoms with Gasteiger partial charge in [-0.15, -0.1) is 0 Å². The third kappa shape index (κ3) is 3.06. The van der Waals surface area contributed by atoms with Crippen molar-refractivity contribution in [3.8, 4) is 5.69 Å². The van der Waals surface area contributed by atoms with Crippen LogP contribution in [0.5, 0.6) is 0 Å². The molecule has 5 heterocycles. The highest BCUT2D eigenvalue weighted by atomic mass is 19.1. The van der Waals surface area contributed by atoms with Gasteiger partial charge in [-0.25, -0.2) is 23.6 Å². The second kappa shape index (κ2) is 7.08. The first kappa shape index (κ1) is 18.5. The number of anilines is 2. The fraction of sp³-hybridized carbons (Fsp3) is 0.333. The Balaban J connectivity index is 1.55. The molecule has 0 spiro atoms. The van der Waals surface area contributed by atoms with E-state index in [0.29, 0.717) is 11.3 Å². The first-order chi connectivity index (χ1) is 14.5. The van der Waals surface area contributed by atoms with Crippen LogP contribution in [0.15, 0.2) is 43.0 Å². The van der Waals surface area contributed by atoms with Gasteiger partial charge in [-0.3, -0.25) is 0 Å². The van der Waals surface area contributed by atoms with E-state index in [1.165, 1.54) is 6.07 Å². The summed E-state index contributed by atoms with van der Waals surface area (Å²) in [6, 6.07) is 4.97. The summed E-state index contributed by atoms with van der Waals surface area (Å²) in [4.78, 5) is 13.5. The zero-order chi connectivity index (χ0) is 20.8. The smallest absolute Gasteiger partial charge is 0.183 e. The topological polar surface area (TPSA) is 67.4 Å². The molecule has 9 heteroatoms. The highest BCUT2D eigenvalue weighted by Gasteiger charge is 2.31. The van der Waals surface area contributed by atoms with E-state index >= 15 is 0 Å². The average molecular weight is 406 g/mol. The number of hydrogen-bond donors (Lipinski definition) is 0. The van der Waals surface area contributed by atoms with Gasteiger partial charge in [-0.05, 0) is 43.5 Å². The molecule has 4 aromatic heterocycles. The van der Waals surface area contributed by atoms with Gasteiger partial charge in [0.2, 0.25) is 0 Å². The molecule has 0 N–H and O–H groups in total. The minimum Gasteiger partial charge on any atom is -0.363 e. The van der Waals surface area contributed by atoms with E-state index in [0.717, 1.165) is 42.3 Å². The Bertz CT molecular complexity index is 1210. The predicted molar refractivity (Wildman–Crippen MR) is 113 cm³/mol. The number of rotatable bonds is 4. The average Bonchev–Trinajstić information content (AvgIpc) is 3.46. The first-order valence-electron chi connectivity index (χ1n) is 9.98. The minimum atomic E-state index is -0.282. The van der Waals surface area contributed by atoms with Crippen LogP contribution in [0, 0.1) is 12.7 Å². The standard InChI is InChI=1S/C21H23FN8/c1-14-11-23-30(13-14)17-12-24-29-10-8-19(26-21(17)29)28-9-4-5-16(28)20-15(22)6-7-18(25-20)27(2)3/h6-8,10-13,16H,4-5,9H2,1-3H3/t16-/m1/s1. The molecule has 0 aromatic carbocycles. The molecule has 1 atom stereocenters. The van der Waals surface area contributed by atoms with Crippen molar-refractivity contribution in [3.63, 3.8) is 0 Å². The monoisotopic (exact) mass is 406 g/mol. The van der Waals surface area contributed by atoms with E-state index in [1.54, 1.807) is 27.7 Å². The van der Waals surface area contributed by atoms with E-state index < -0.39 is 0 Å². The van der Waals surface area contributed by atoms with Crippen LogP contribution in [0.4, 0.5) is 16.0 Å². The van der Waals surface area contributed by atoms with Crippen molar-refractivity contribution in [1.29, 1.82) is 0 Å². The Morgan fingerprint density at radius 3 is 2.73 bits per heavy atom. The maximum Gasteiger partial charge on any atom is 0.183 e.